The summed E-state index contributed by atoms with van der Waals surface area (Å²) in [4.78, 5) is 8.87. The average Bonchev–Trinajstić information content (AvgIpc) is 2.97. The largest absolute Gasteiger partial charge is 0.370 e. The summed E-state index contributed by atoms with van der Waals surface area (Å²) in [6.07, 6.45) is 10.2. The van der Waals surface area contributed by atoms with Crippen LogP contribution in [0.3, 0.4) is 0 Å². The third-order valence-corrected chi connectivity index (χ3v) is 3.96. The van der Waals surface area contributed by atoms with E-state index in [2.05, 4.69) is 27.6 Å². The lowest BCUT2D eigenvalue weighted by Crippen LogP contribution is -2.13. The van der Waals surface area contributed by atoms with E-state index in [9.17, 15) is 0 Å². The van der Waals surface area contributed by atoms with Crippen LogP contribution in [-0.4, -0.2) is 16.5 Å². The normalized spacial score (nSPS) is 15.5. The van der Waals surface area contributed by atoms with Crippen LogP contribution in [0.15, 0.2) is 6.07 Å². The fourth-order valence-electron chi connectivity index (χ4n) is 2.90. The number of rotatable bonds is 8. The summed E-state index contributed by atoms with van der Waals surface area (Å²) in [5.41, 5.74) is 2.61. The molecule has 4 N–H and O–H groups in total. The number of nitrogens with zero attached hydrogens (tertiary/aromatic N) is 2. The Morgan fingerprint density at radius 2 is 2.00 bits per heavy atom. The number of aromatic nitrogens is 2. The van der Waals surface area contributed by atoms with Crippen LogP contribution in [0.2, 0.25) is 0 Å². The quantitative estimate of drug-likeness (QED) is 0.387. The molecule has 5 heteroatoms. The average molecular weight is 277 g/mol. The molecule has 20 heavy (non-hydrogen) atoms. The predicted octanol–water partition coefficient (Wildman–Crippen LogP) is 3.10. The molecular formula is C15H27N5. The lowest BCUT2D eigenvalue weighted by Gasteiger charge is -2.11. The van der Waals surface area contributed by atoms with Crippen LogP contribution < -0.4 is 16.6 Å². The summed E-state index contributed by atoms with van der Waals surface area (Å²) in [5.74, 6) is 8.82. The Kier molecular flexibility index (Phi) is 6.05. The van der Waals surface area contributed by atoms with Gasteiger partial charge in [0.1, 0.15) is 17.5 Å². The van der Waals surface area contributed by atoms with Gasteiger partial charge in [0.15, 0.2) is 0 Å². The van der Waals surface area contributed by atoms with E-state index in [-0.39, 0.29) is 0 Å². The maximum Gasteiger partial charge on any atom is 0.145 e. The number of hydrogen-bond donors (Lipinski definition) is 3. The number of nitrogens with two attached hydrogens (primary N) is 1. The molecule has 112 valence electrons. The zero-order chi connectivity index (χ0) is 14.2. The second-order valence-corrected chi connectivity index (χ2v) is 5.67. The van der Waals surface area contributed by atoms with E-state index in [0.29, 0.717) is 5.82 Å². The molecule has 1 aromatic rings. The van der Waals surface area contributed by atoms with Crippen molar-refractivity contribution in [2.75, 3.05) is 17.3 Å². The fourth-order valence-corrected chi connectivity index (χ4v) is 2.90. The molecule has 1 saturated carbocycles. The second kappa shape index (κ2) is 8.04. The van der Waals surface area contributed by atoms with Crippen LogP contribution in [0.1, 0.15) is 57.7 Å². The molecule has 0 saturated heterocycles. The zero-order valence-electron chi connectivity index (χ0n) is 12.5. The molecule has 1 fully saturated rings. The summed E-state index contributed by atoms with van der Waals surface area (Å²) >= 11 is 0. The van der Waals surface area contributed by atoms with Gasteiger partial charge >= 0.3 is 0 Å². The first kappa shape index (κ1) is 15.0. The van der Waals surface area contributed by atoms with Crippen LogP contribution in [0, 0.1) is 5.92 Å². The molecule has 0 unspecified atom stereocenters. The van der Waals surface area contributed by atoms with Gasteiger partial charge in [-0.25, -0.2) is 15.8 Å². The Hall–Kier alpha value is -1.36. The van der Waals surface area contributed by atoms with Crippen LogP contribution in [-0.2, 0) is 6.42 Å². The third-order valence-electron chi connectivity index (χ3n) is 3.96. The van der Waals surface area contributed by atoms with E-state index < -0.39 is 0 Å². The number of nitrogens with one attached hydrogen (secondary N) is 2. The smallest absolute Gasteiger partial charge is 0.145 e. The van der Waals surface area contributed by atoms with E-state index >= 15 is 0 Å². The molecule has 0 atom stereocenters. The van der Waals surface area contributed by atoms with Gasteiger partial charge in [-0.3, -0.25) is 0 Å². The van der Waals surface area contributed by atoms with Gasteiger partial charge in [0.05, 0.1) is 0 Å². The molecule has 1 heterocycles. The maximum absolute atomic E-state index is 5.45. The van der Waals surface area contributed by atoms with Crippen molar-refractivity contribution in [3.8, 4) is 0 Å². The minimum Gasteiger partial charge on any atom is -0.370 e. The molecule has 0 spiro atoms. The Bertz CT molecular complexity index is 401. The molecule has 0 aromatic carbocycles. The first-order valence-electron chi connectivity index (χ1n) is 7.90. The van der Waals surface area contributed by atoms with Crippen LogP contribution in [0.25, 0.3) is 0 Å². The van der Waals surface area contributed by atoms with Gasteiger partial charge in [0.25, 0.3) is 0 Å². The molecule has 1 aliphatic carbocycles. The highest BCUT2D eigenvalue weighted by Crippen LogP contribution is 2.28. The first-order valence-corrected chi connectivity index (χ1v) is 7.90. The van der Waals surface area contributed by atoms with E-state index in [1.807, 2.05) is 6.07 Å². The first-order chi connectivity index (χ1) is 9.81. The summed E-state index contributed by atoms with van der Waals surface area (Å²) in [7, 11) is 0. The Morgan fingerprint density at radius 1 is 1.25 bits per heavy atom. The highest BCUT2D eigenvalue weighted by atomic mass is 15.3. The van der Waals surface area contributed by atoms with E-state index in [4.69, 9.17) is 5.84 Å². The highest BCUT2D eigenvalue weighted by Gasteiger charge is 2.14. The molecule has 2 rings (SSSR count). The number of anilines is 2. The van der Waals surface area contributed by atoms with Crippen molar-refractivity contribution in [2.24, 2.45) is 11.8 Å². The van der Waals surface area contributed by atoms with Crippen molar-refractivity contribution in [3.63, 3.8) is 0 Å². The van der Waals surface area contributed by atoms with Crippen molar-refractivity contribution < 1.29 is 0 Å². The van der Waals surface area contributed by atoms with Crippen molar-refractivity contribution in [3.05, 3.63) is 11.9 Å². The number of hydrazine groups is 1. The number of aryl methyl sites for hydroxylation is 1. The van der Waals surface area contributed by atoms with Crippen molar-refractivity contribution in [1.82, 2.24) is 9.97 Å². The Balaban J connectivity index is 1.79. The molecule has 0 aliphatic heterocycles. The van der Waals surface area contributed by atoms with E-state index in [1.54, 1.807) is 0 Å². The summed E-state index contributed by atoms with van der Waals surface area (Å²) in [5, 5.41) is 3.40. The molecular weight excluding hydrogens is 250 g/mol. The zero-order valence-corrected chi connectivity index (χ0v) is 12.5. The third kappa shape index (κ3) is 4.63. The van der Waals surface area contributed by atoms with E-state index in [1.165, 1.54) is 38.5 Å². The molecule has 5 nitrogen and oxygen atoms in total. The van der Waals surface area contributed by atoms with Gasteiger partial charge in [-0.1, -0.05) is 32.6 Å². The Morgan fingerprint density at radius 3 is 2.70 bits per heavy atom. The summed E-state index contributed by atoms with van der Waals surface area (Å²) < 4.78 is 0. The number of hydrogen-bond acceptors (Lipinski definition) is 5. The Labute approximate surface area is 121 Å². The lowest BCUT2D eigenvalue weighted by atomic mass is 10.0. The van der Waals surface area contributed by atoms with Gasteiger partial charge in [-0.2, -0.15) is 0 Å². The van der Waals surface area contributed by atoms with Crippen LogP contribution in [0.5, 0.6) is 0 Å². The van der Waals surface area contributed by atoms with Gasteiger partial charge < -0.3 is 10.7 Å². The van der Waals surface area contributed by atoms with Crippen LogP contribution >= 0.6 is 0 Å². The highest BCUT2D eigenvalue weighted by molar-refractivity contribution is 5.46. The lowest BCUT2D eigenvalue weighted by molar-refractivity contribution is 0.491. The second-order valence-electron chi connectivity index (χ2n) is 5.67. The van der Waals surface area contributed by atoms with Gasteiger partial charge in [-0.05, 0) is 25.2 Å². The number of nitrogen functional groups attached to an aromatic ring is 1. The molecule has 1 aromatic heterocycles. The molecule has 0 bridgehead atoms. The molecule has 1 aliphatic rings. The predicted molar refractivity (Wildman–Crippen MR) is 83.5 cm³/mol. The molecule has 0 amide bonds. The molecule has 0 radical (unpaired) electrons. The standard InChI is InChI=1S/C15H27N5/c1-2-6-13-18-14(11-15(19-13)20-16)17-10-5-9-12-7-3-4-8-12/h11-12H,2-10,16H2,1H3,(H2,17,18,19,20). The fraction of sp³-hybridized carbons (Fsp3) is 0.733. The topological polar surface area (TPSA) is 75.9 Å². The van der Waals surface area contributed by atoms with Gasteiger partial charge in [0, 0.05) is 19.0 Å². The van der Waals surface area contributed by atoms with Crippen LogP contribution in [0.4, 0.5) is 11.6 Å². The minimum absolute atomic E-state index is 0.682. The maximum atomic E-state index is 5.45. The minimum atomic E-state index is 0.682. The van der Waals surface area contributed by atoms with Gasteiger partial charge in [0.2, 0.25) is 0 Å². The van der Waals surface area contributed by atoms with Crippen molar-refractivity contribution >= 4 is 11.6 Å². The monoisotopic (exact) mass is 277 g/mol. The van der Waals surface area contributed by atoms with Crippen molar-refractivity contribution in [2.45, 2.75) is 58.3 Å². The summed E-state index contributed by atoms with van der Waals surface area (Å²) in [6, 6.07) is 1.87. The van der Waals surface area contributed by atoms with Gasteiger partial charge in [-0.15, -0.1) is 0 Å². The van der Waals surface area contributed by atoms with E-state index in [0.717, 1.165) is 36.9 Å². The summed E-state index contributed by atoms with van der Waals surface area (Å²) in [6.45, 7) is 3.10. The van der Waals surface area contributed by atoms with Crippen molar-refractivity contribution in [1.29, 1.82) is 0 Å². The SMILES string of the molecule is CCCc1nc(NN)cc(NCCCC2CCCC2)n1.